The molecule has 3 nitrogen and oxygen atoms in total. The molecule has 1 rings (SSSR count). The highest BCUT2D eigenvalue weighted by Gasteiger charge is 2.08. The van der Waals surface area contributed by atoms with E-state index in [0.717, 1.165) is 0 Å². The summed E-state index contributed by atoms with van der Waals surface area (Å²) in [5.74, 6) is -0.144. The number of hydrogen-bond donors (Lipinski definition) is 1. The number of nitrogens with zero attached hydrogens (tertiary/aromatic N) is 1. The van der Waals surface area contributed by atoms with E-state index in [9.17, 15) is 4.79 Å². The lowest BCUT2D eigenvalue weighted by atomic mass is 10.2. The molecule has 14 heavy (non-hydrogen) atoms. The van der Waals surface area contributed by atoms with Gasteiger partial charge in [-0.15, -0.1) is 0 Å². The quantitative estimate of drug-likeness (QED) is 0.711. The molecule has 0 aliphatic rings. The molecule has 0 aliphatic carbocycles. The van der Waals surface area contributed by atoms with E-state index in [1.807, 2.05) is 13.8 Å². The summed E-state index contributed by atoms with van der Waals surface area (Å²) in [7, 11) is 0. The van der Waals surface area contributed by atoms with Gasteiger partial charge in [-0.2, -0.15) is 0 Å². The van der Waals surface area contributed by atoms with E-state index in [0.29, 0.717) is 11.4 Å². The second-order valence-electron chi connectivity index (χ2n) is 3.27. The van der Waals surface area contributed by atoms with Gasteiger partial charge in [0.2, 0.25) is 11.6 Å². The summed E-state index contributed by atoms with van der Waals surface area (Å²) >= 11 is 0. The highest BCUT2D eigenvalue weighted by molar-refractivity contribution is 5.95. The van der Waals surface area contributed by atoms with Crippen molar-refractivity contribution in [1.29, 1.82) is 0 Å². The molecule has 0 radical (unpaired) electrons. The van der Waals surface area contributed by atoms with Gasteiger partial charge in [0.1, 0.15) is 0 Å². The fourth-order valence-electron chi connectivity index (χ4n) is 0.954. The maximum Gasteiger partial charge on any atom is 0.225 e. The molecular formula is C11H12N2O. The molecular weight excluding hydrogens is 176 g/mol. The Morgan fingerprint density at radius 2 is 2.07 bits per heavy atom. The van der Waals surface area contributed by atoms with Gasteiger partial charge in [0.25, 0.3) is 0 Å². The number of carbonyl (C=O) groups excluding carboxylic acids is 1. The molecule has 0 atom stereocenters. The number of amides is 1. The Labute approximate surface area is 83.6 Å². The first-order valence-electron chi connectivity index (χ1n) is 4.42. The SMILES string of the molecule is [C-]#[N+]c1ccccc1NC(=O)C(C)C. The van der Waals surface area contributed by atoms with Crippen LogP contribution in [0.4, 0.5) is 11.4 Å². The smallest absolute Gasteiger partial charge is 0.225 e. The molecule has 1 amide bonds. The Hall–Kier alpha value is -1.82. The minimum atomic E-state index is -0.0752. The van der Waals surface area contributed by atoms with Crippen LogP contribution in [0.5, 0.6) is 0 Å². The van der Waals surface area contributed by atoms with Gasteiger partial charge in [0, 0.05) is 11.6 Å². The van der Waals surface area contributed by atoms with Crippen LogP contribution in [0.3, 0.4) is 0 Å². The second kappa shape index (κ2) is 4.43. The van der Waals surface area contributed by atoms with Crippen molar-refractivity contribution in [1.82, 2.24) is 0 Å². The van der Waals surface area contributed by atoms with Crippen LogP contribution in [0.15, 0.2) is 24.3 Å². The summed E-state index contributed by atoms with van der Waals surface area (Å²) in [5, 5.41) is 2.71. The highest BCUT2D eigenvalue weighted by atomic mass is 16.1. The summed E-state index contributed by atoms with van der Waals surface area (Å²) < 4.78 is 0. The van der Waals surface area contributed by atoms with Crippen molar-refractivity contribution < 1.29 is 4.79 Å². The van der Waals surface area contributed by atoms with Gasteiger partial charge < -0.3 is 5.32 Å². The number of benzene rings is 1. The van der Waals surface area contributed by atoms with E-state index < -0.39 is 0 Å². The van der Waals surface area contributed by atoms with Gasteiger partial charge in [-0.1, -0.05) is 32.0 Å². The van der Waals surface area contributed by atoms with Crippen LogP contribution < -0.4 is 5.32 Å². The molecule has 0 bridgehead atoms. The van der Waals surface area contributed by atoms with Crippen molar-refractivity contribution in [3.05, 3.63) is 35.7 Å². The molecule has 0 spiro atoms. The largest absolute Gasteiger partial charge is 0.335 e. The van der Waals surface area contributed by atoms with Crippen LogP contribution in [0, 0.1) is 12.5 Å². The van der Waals surface area contributed by atoms with E-state index >= 15 is 0 Å². The molecule has 0 fully saturated rings. The van der Waals surface area contributed by atoms with Gasteiger partial charge in [-0.25, -0.2) is 4.85 Å². The standard InChI is InChI=1S/C11H12N2O/c1-8(2)11(14)13-10-7-5-4-6-9(10)12-3/h4-8H,1-2H3,(H,13,14). The maximum absolute atomic E-state index is 11.4. The van der Waals surface area contributed by atoms with Crippen molar-refractivity contribution in [2.45, 2.75) is 13.8 Å². The fraction of sp³-hybridized carbons (Fsp3) is 0.273. The predicted octanol–water partition coefficient (Wildman–Crippen LogP) is 2.83. The number of carbonyl (C=O) groups is 1. The number of para-hydroxylation sites is 2. The van der Waals surface area contributed by atoms with Gasteiger partial charge in [0.05, 0.1) is 6.57 Å². The van der Waals surface area contributed by atoms with Gasteiger partial charge >= 0.3 is 0 Å². The molecule has 1 aromatic rings. The summed E-state index contributed by atoms with van der Waals surface area (Å²) in [6.07, 6.45) is 0. The third kappa shape index (κ3) is 2.33. The number of anilines is 1. The summed E-state index contributed by atoms with van der Waals surface area (Å²) in [5.41, 5.74) is 1.06. The summed E-state index contributed by atoms with van der Waals surface area (Å²) in [6.45, 7) is 10.5. The minimum Gasteiger partial charge on any atom is -0.335 e. The lowest BCUT2D eigenvalue weighted by Crippen LogP contribution is -2.17. The fourth-order valence-corrected chi connectivity index (χ4v) is 0.954. The van der Waals surface area contributed by atoms with E-state index in [-0.39, 0.29) is 11.8 Å². The molecule has 0 unspecified atom stereocenters. The lowest BCUT2D eigenvalue weighted by molar-refractivity contribution is -0.118. The lowest BCUT2D eigenvalue weighted by Gasteiger charge is -2.08. The molecule has 1 N–H and O–H groups in total. The van der Waals surface area contributed by atoms with Crippen molar-refractivity contribution >= 4 is 17.3 Å². The zero-order valence-electron chi connectivity index (χ0n) is 8.24. The Morgan fingerprint density at radius 1 is 1.43 bits per heavy atom. The Balaban J connectivity index is 2.87. The van der Waals surface area contributed by atoms with Crippen molar-refractivity contribution in [3.63, 3.8) is 0 Å². The van der Waals surface area contributed by atoms with Crippen LogP contribution >= 0.6 is 0 Å². The number of nitrogens with one attached hydrogen (secondary N) is 1. The molecule has 0 aliphatic heterocycles. The average Bonchev–Trinajstić information content (AvgIpc) is 2.18. The van der Waals surface area contributed by atoms with Crippen molar-refractivity contribution in [2.24, 2.45) is 5.92 Å². The third-order valence-corrected chi connectivity index (χ3v) is 1.81. The number of rotatable bonds is 2. The van der Waals surface area contributed by atoms with Gasteiger partial charge in [-0.05, 0) is 6.07 Å². The van der Waals surface area contributed by atoms with Crippen LogP contribution in [0.2, 0.25) is 0 Å². The Morgan fingerprint density at radius 3 is 2.64 bits per heavy atom. The second-order valence-corrected chi connectivity index (χ2v) is 3.27. The van der Waals surface area contributed by atoms with Gasteiger partial charge in [-0.3, -0.25) is 4.79 Å². The normalized spacial score (nSPS) is 9.57. The molecule has 1 aromatic carbocycles. The molecule has 0 saturated heterocycles. The molecule has 72 valence electrons. The zero-order valence-corrected chi connectivity index (χ0v) is 8.24. The van der Waals surface area contributed by atoms with Crippen molar-refractivity contribution in [3.8, 4) is 0 Å². The maximum atomic E-state index is 11.4. The molecule has 3 heteroatoms. The molecule has 0 heterocycles. The van der Waals surface area contributed by atoms with Crippen molar-refractivity contribution in [2.75, 3.05) is 5.32 Å². The topological polar surface area (TPSA) is 33.5 Å². The van der Waals surface area contributed by atoms with Gasteiger partial charge in [0.15, 0.2) is 0 Å². The highest BCUT2D eigenvalue weighted by Crippen LogP contribution is 2.24. The summed E-state index contributed by atoms with van der Waals surface area (Å²) in [6, 6.07) is 6.99. The Kier molecular flexibility index (Phi) is 3.24. The first kappa shape index (κ1) is 10.3. The van der Waals surface area contributed by atoms with E-state index in [4.69, 9.17) is 6.57 Å². The van der Waals surface area contributed by atoms with E-state index in [1.54, 1.807) is 24.3 Å². The Bertz CT molecular complexity index is 377. The van der Waals surface area contributed by atoms with Crippen LogP contribution in [-0.2, 0) is 4.79 Å². The third-order valence-electron chi connectivity index (χ3n) is 1.81. The number of hydrogen-bond acceptors (Lipinski definition) is 1. The first-order valence-corrected chi connectivity index (χ1v) is 4.42. The average molecular weight is 188 g/mol. The van der Waals surface area contributed by atoms with E-state index in [1.165, 1.54) is 0 Å². The van der Waals surface area contributed by atoms with Crippen LogP contribution in [-0.4, -0.2) is 5.91 Å². The summed E-state index contributed by atoms with van der Waals surface area (Å²) in [4.78, 5) is 14.7. The minimum absolute atomic E-state index is 0.0684. The zero-order chi connectivity index (χ0) is 10.6. The monoisotopic (exact) mass is 188 g/mol. The van der Waals surface area contributed by atoms with Crippen LogP contribution in [0.25, 0.3) is 4.85 Å². The van der Waals surface area contributed by atoms with E-state index in [2.05, 4.69) is 10.2 Å². The first-order chi connectivity index (χ1) is 6.65. The van der Waals surface area contributed by atoms with Crippen LogP contribution in [0.1, 0.15) is 13.8 Å². The predicted molar refractivity (Wildman–Crippen MR) is 56.2 cm³/mol. The molecule has 0 aromatic heterocycles. The molecule has 0 saturated carbocycles.